The summed E-state index contributed by atoms with van der Waals surface area (Å²) in [6, 6.07) is 16.6. The van der Waals surface area contributed by atoms with Crippen LogP contribution in [0.1, 0.15) is 47.8 Å². The molecule has 5 aromatic rings. The van der Waals surface area contributed by atoms with Gasteiger partial charge in [0.2, 0.25) is 0 Å². The average Bonchev–Trinajstić information content (AvgIpc) is 3.61. The van der Waals surface area contributed by atoms with Gasteiger partial charge in [-0.2, -0.15) is 5.10 Å². The lowest BCUT2D eigenvalue weighted by molar-refractivity contribution is 0.0710. The minimum Gasteiger partial charge on any atom is -0.339 e. The third kappa shape index (κ3) is 4.04. The number of aryl methyl sites for hydroxylation is 1. The lowest BCUT2D eigenvalue weighted by atomic mass is 9.95. The van der Waals surface area contributed by atoms with Crippen LogP contribution < -0.4 is 0 Å². The molecule has 38 heavy (non-hydrogen) atoms. The number of aromatic nitrogens is 5. The number of carbonyl (C=O) groups is 1. The predicted octanol–water partition coefficient (Wildman–Crippen LogP) is 5.55. The van der Waals surface area contributed by atoms with E-state index in [4.69, 9.17) is 4.98 Å². The average molecular weight is 509 g/mol. The molecule has 0 unspecified atom stereocenters. The van der Waals surface area contributed by atoms with E-state index in [1.54, 1.807) is 16.9 Å². The van der Waals surface area contributed by atoms with Crippen LogP contribution in [0.25, 0.3) is 33.3 Å². The van der Waals surface area contributed by atoms with Crippen LogP contribution in [0.5, 0.6) is 0 Å². The lowest BCUT2D eigenvalue weighted by Gasteiger charge is -2.32. The van der Waals surface area contributed by atoms with Crippen molar-refractivity contribution in [1.82, 2.24) is 29.2 Å². The zero-order valence-electron chi connectivity index (χ0n) is 21.3. The van der Waals surface area contributed by atoms with Crippen molar-refractivity contribution in [1.29, 1.82) is 0 Å². The number of para-hydroxylation sites is 2. The molecule has 1 saturated carbocycles. The number of hydrogen-bond acceptors (Lipinski definition) is 4. The highest BCUT2D eigenvalue weighted by atomic mass is 19.1. The molecule has 7 nitrogen and oxygen atoms in total. The first-order chi connectivity index (χ1) is 18.5. The molecular formula is C30H29FN6O. The number of benzene rings is 2. The van der Waals surface area contributed by atoms with Crippen molar-refractivity contribution >= 4 is 28.0 Å². The van der Waals surface area contributed by atoms with E-state index < -0.39 is 0 Å². The van der Waals surface area contributed by atoms with E-state index in [-0.39, 0.29) is 11.7 Å². The van der Waals surface area contributed by atoms with Crippen molar-refractivity contribution in [2.24, 2.45) is 13.0 Å². The van der Waals surface area contributed by atoms with Gasteiger partial charge in [-0.3, -0.25) is 14.5 Å². The zero-order chi connectivity index (χ0) is 25.8. The molecule has 7 rings (SSSR count). The number of amides is 1. The molecule has 0 N–H and O–H groups in total. The number of nitrogens with zero attached hydrogens (tertiary/aromatic N) is 6. The van der Waals surface area contributed by atoms with Crippen LogP contribution in [-0.4, -0.2) is 48.2 Å². The topological polar surface area (TPSA) is 68.8 Å². The largest absolute Gasteiger partial charge is 0.339 e. The highest BCUT2D eigenvalue weighted by molar-refractivity contribution is 5.99. The molecule has 1 amide bonds. The van der Waals surface area contributed by atoms with Crippen molar-refractivity contribution in [3.05, 3.63) is 78.0 Å². The van der Waals surface area contributed by atoms with Crippen molar-refractivity contribution in [2.75, 3.05) is 13.1 Å². The summed E-state index contributed by atoms with van der Waals surface area (Å²) in [6.07, 6.45) is 6.02. The number of pyridine rings is 1. The maximum atomic E-state index is 13.8. The predicted molar refractivity (Wildman–Crippen MR) is 144 cm³/mol. The fraction of sp³-hybridized carbons (Fsp3) is 0.333. The first-order valence-corrected chi connectivity index (χ1v) is 13.4. The Morgan fingerprint density at radius 2 is 1.82 bits per heavy atom. The number of hydrogen-bond donors (Lipinski definition) is 0. The summed E-state index contributed by atoms with van der Waals surface area (Å²) in [5.41, 5.74) is 5.51. The van der Waals surface area contributed by atoms with E-state index in [1.165, 1.54) is 36.3 Å². The van der Waals surface area contributed by atoms with Crippen LogP contribution in [0.15, 0.2) is 60.8 Å². The van der Waals surface area contributed by atoms with Gasteiger partial charge >= 0.3 is 0 Å². The third-order valence-electron chi connectivity index (χ3n) is 8.00. The Balaban J connectivity index is 1.11. The van der Waals surface area contributed by atoms with E-state index in [0.717, 1.165) is 36.3 Å². The summed E-state index contributed by atoms with van der Waals surface area (Å²) < 4.78 is 17.9. The number of rotatable bonds is 5. The first-order valence-electron chi connectivity index (χ1n) is 13.4. The summed E-state index contributed by atoms with van der Waals surface area (Å²) in [6.45, 7) is 2.42. The monoisotopic (exact) mass is 508 g/mol. The molecule has 3 aromatic heterocycles. The number of imidazole rings is 1. The van der Waals surface area contributed by atoms with Crippen LogP contribution in [0, 0.1) is 11.7 Å². The fourth-order valence-electron chi connectivity index (χ4n) is 5.76. The number of carbonyl (C=O) groups excluding carboxylic acids is 1. The highest BCUT2D eigenvalue weighted by Gasteiger charge is 2.31. The van der Waals surface area contributed by atoms with Gasteiger partial charge in [-0.1, -0.05) is 24.3 Å². The summed E-state index contributed by atoms with van der Waals surface area (Å²) in [5, 5.41) is 4.56. The summed E-state index contributed by atoms with van der Waals surface area (Å²) in [7, 11) is 1.82. The number of halogens is 1. The SMILES string of the molecule is Cn1nc(-c2cccc(F)c2)c2ncc(C(=O)N3CCC(c4nc5ccccc5n4CC4CC4)CC3)cc21. The maximum absolute atomic E-state index is 13.8. The molecule has 2 aromatic carbocycles. The van der Waals surface area contributed by atoms with E-state index in [0.29, 0.717) is 41.3 Å². The first kappa shape index (κ1) is 23.1. The molecule has 192 valence electrons. The zero-order valence-corrected chi connectivity index (χ0v) is 21.3. The standard InChI is InChI=1S/C30H29FN6O/c1-35-26-16-22(17-32-28(26)27(34-35)21-5-4-6-23(31)15-21)30(38)36-13-11-20(12-14-36)29-33-24-7-2-3-8-25(24)37(29)18-19-9-10-19/h2-8,15-17,19-20H,9-14,18H2,1H3. The second kappa shape index (κ2) is 9.04. The molecule has 1 saturated heterocycles. The van der Waals surface area contributed by atoms with E-state index >= 15 is 0 Å². The summed E-state index contributed by atoms with van der Waals surface area (Å²) >= 11 is 0. The number of piperidine rings is 1. The maximum Gasteiger partial charge on any atom is 0.255 e. The molecule has 1 aliphatic heterocycles. The molecule has 0 spiro atoms. The van der Waals surface area contributed by atoms with Gasteiger partial charge in [0.15, 0.2) is 0 Å². The van der Waals surface area contributed by atoms with Gasteiger partial charge in [0.05, 0.1) is 22.1 Å². The van der Waals surface area contributed by atoms with Crippen molar-refractivity contribution in [3.8, 4) is 11.3 Å². The second-order valence-electron chi connectivity index (χ2n) is 10.7. The van der Waals surface area contributed by atoms with Gasteiger partial charge in [-0.15, -0.1) is 0 Å². The third-order valence-corrected chi connectivity index (χ3v) is 8.00. The van der Waals surface area contributed by atoms with Crippen LogP contribution in [0.2, 0.25) is 0 Å². The smallest absolute Gasteiger partial charge is 0.255 e. The molecule has 8 heteroatoms. The van der Waals surface area contributed by atoms with Gasteiger partial charge in [-0.25, -0.2) is 9.37 Å². The molecule has 0 radical (unpaired) electrons. The minimum absolute atomic E-state index is 0.0159. The van der Waals surface area contributed by atoms with Crippen LogP contribution in [-0.2, 0) is 13.6 Å². The molecule has 2 aliphatic rings. The Bertz CT molecular complexity index is 1680. The van der Waals surface area contributed by atoms with Gasteiger partial charge in [-0.05, 0) is 61.9 Å². The van der Waals surface area contributed by atoms with E-state index in [9.17, 15) is 9.18 Å². The van der Waals surface area contributed by atoms with Gasteiger partial charge in [0, 0.05) is 44.4 Å². The van der Waals surface area contributed by atoms with Gasteiger partial charge in [0.1, 0.15) is 22.9 Å². The summed E-state index contributed by atoms with van der Waals surface area (Å²) in [5.74, 6) is 1.95. The lowest BCUT2D eigenvalue weighted by Crippen LogP contribution is -2.38. The van der Waals surface area contributed by atoms with Gasteiger partial charge < -0.3 is 9.47 Å². The number of fused-ring (bicyclic) bond motifs is 2. The highest BCUT2D eigenvalue weighted by Crippen LogP contribution is 2.36. The molecule has 1 aliphatic carbocycles. The molecule has 0 bridgehead atoms. The van der Waals surface area contributed by atoms with Crippen molar-refractivity contribution < 1.29 is 9.18 Å². The Morgan fingerprint density at radius 3 is 2.61 bits per heavy atom. The van der Waals surface area contributed by atoms with Crippen molar-refractivity contribution in [2.45, 2.75) is 38.1 Å². The van der Waals surface area contributed by atoms with E-state index in [1.807, 2.05) is 24.1 Å². The van der Waals surface area contributed by atoms with Crippen molar-refractivity contribution in [3.63, 3.8) is 0 Å². The Morgan fingerprint density at radius 1 is 1.00 bits per heavy atom. The van der Waals surface area contributed by atoms with Gasteiger partial charge in [0.25, 0.3) is 5.91 Å². The molecule has 4 heterocycles. The normalized spacial score (nSPS) is 16.5. The van der Waals surface area contributed by atoms with Crippen LogP contribution >= 0.6 is 0 Å². The Kier molecular flexibility index (Phi) is 5.49. The Labute approximate surface area is 219 Å². The molecular weight excluding hydrogens is 479 g/mol. The minimum atomic E-state index is -0.320. The molecule has 2 fully saturated rings. The van der Waals surface area contributed by atoms with Crippen LogP contribution in [0.4, 0.5) is 4.39 Å². The number of likely N-dealkylation sites (tertiary alicyclic amines) is 1. The molecule has 0 atom stereocenters. The second-order valence-corrected chi connectivity index (χ2v) is 10.7. The van der Waals surface area contributed by atoms with Crippen LogP contribution in [0.3, 0.4) is 0 Å². The summed E-state index contributed by atoms with van der Waals surface area (Å²) in [4.78, 5) is 25.0. The quantitative estimate of drug-likeness (QED) is 0.312. The van der Waals surface area contributed by atoms with E-state index in [2.05, 4.69) is 38.9 Å². The fourth-order valence-corrected chi connectivity index (χ4v) is 5.76. The Hall–Kier alpha value is -4.07.